The summed E-state index contributed by atoms with van der Waals surface area (Å²) in [5, 5.41) is 0. The standard InChI is InChI=1S/C10H14N2OS/c1-2-7-14-9-6-4-3-5-8(9)10(13)12-11/h3-6H,2,7,11H2,1H3,(H,12,13). The predicted molar refractivity (Wildman–Crippen MR) is 59.1 cm³/mol. The summed E-state index contributed by atoms with van der Waals surface area (Å²) >= 11 is 1.67. The van der Waals surface area contributed by atoms with Crippen LogP contribution in [0.4, 0.5) is 0 Å². The van der Waals surface area contributed by atoms with Crippen molar-refractivity contribution in [2.45, 2.75) is 18.2 Å². The molecule has 0 spiro atoms. The van der Waals surface area contributed by atoms with Gasteiger partial charge in [0.15, 0.2) is 0 Å². The molecule has 1 amide bonds. The topological polar surface area (TPSA) is 55.1 Å². The number of thioether (sulfide) groups is 1. The molecular weight excluding hydrogens is 196 g/mol. The van der Waals surface area contributed by atoms with Crippen LogP contribution in [-0.2, 0) is 0 Å². The van der Waals surface area contributed by atoms with Crippen molar-refractivity contribution in [3.05, 3.63) is 29.8 Å². The van der Waals surface area contributed by atoms with Gasteiger partial charge in [-0.1, -0.05) is 19.1 Å². The Bertz CT molecular complexity index is 315. The molecular formula is C10H14N2OS. The Labute approximate surface area is 88.0 Å². The van der Waals surface area contributed by atoms with Gasteiger partial charge in [0.25, 0.3) is 5.91 Å². The van der Waals surface area contributed by atoms with Crippen LogP contribution in [0.5, 0.6) is 0 Å². The van der Waals surface area contributed by atoms with E-state index in [2.05, 4.69) is 12.3 Å². The fourth-order valence-corrected chi connectivity index (χ4v) is 1.98. The normalized spacial score (nSPS) is 9.86. The Morgan fingerprint density at radius 3 is 2.86 bits per heavy atom. The molecule has 1 rings (SSSR count). The van der Waals surface area contributed by atoms with Crippen molar-refractivity contribution in [1.82, 2.24) is 5.43 Å². The third kappa shape index (κ3) is 2.75. The van der Waals surface area contributed by atoms with E-state index >= 15 is 0 Å². The first kappa shape index (κ1) is 11.1. The van der Waals surface area contributed by atoms with Gasteiger partial charge in [-0.2, -0.15) is 0 Å². The van der Waals surface area contributed by atoms with E-state index in [1.54, 1.807) is 17.8 Å². The van der Waals surface area contributed by atoms with Crippen LogP contribution in [0, 0.1) is 0 Å². The van der Waals surface area contributed by atoms with Crippen LogP contribution in [0.25, 0.3) is 0 Å². The van der Waals surface area contributed by atoms with Crippen molar-refractivity contribution in [2.24, 2.45) is 5.84 Å². The second-order valence-corrected chi connectivity index (χ2v) is 3.95. The largest absolute Gasteiger partial charge is 0.290 e. The minimum Gasteiger partial charge on any atom is -0.290 e. The number of nitrogens with two attached hydrogens (primary N) is 1. The van der Waals surface area contributed by atoms with E-state index in [9.17, 15) is 4.79 Å². The minimum atomic E-state index is -0.232. The van der Waals surface area contributed by atoms with Crippen LogP contribution in [0.2, 0.25) is 0 Å². The lowest BCUT2D eigenvalue weighted by Gasteiger charge is -2.06. The summed E-state index contributed by atoms with van der Waals surface area (Å²) < 4.78 is 0. The number of rotatable bonds is 4. The molecule has 0 heterocycles. The van der Waals surface area contributed by atoms with Crippen LogP contribution in [-0.4, -0.2) is 11.7 Å². The first-order valence-electron chi connectivity index (χ1n) is 4.52. The molecule has 0 aliphatic heterocycles. The number of hydrogen-bond donors (Lipinski definition) is 2. The molecule has 3 N–H and O–H groups in total. The van der Waals surface area contributed by atoms with Crippen molar-refractivity contribution in [1.29, 1.82) is 0 Å². The number of nitrogen functional groups attached to an aromatic ring is 1. The monoisotopic (exact) mass is 210 g/mol. The molecule has 14 heavy (non-hydrogen) atoms. The van der Waals surface area contributed by atoms with Gasteiger partial charge in [-0.3, -0.25) is 10.2 Å². The van der Waals surface area contributed by atoms with Crippen molar-refractivity contribution < 1.29 is 4.79 Å². The van der Waals surface area contributed by atoms with Crippen molar-refractivity contribution >= 4 is 17.7 Å². The summed E-state index contributed by atoms with van der Waals surface area (Å²) in [7, 11) is 0. The van der Waals surface area contributed by atoms with E-state index < -0.39 is 0 Å². The highest BCUT2D eigenvalue weighted by molar-refractivity contribution is 7.99. The van der Waals surface area contributed by atoms with Gasteiger partial charge in [-0.05, 0) is 24.3 Å². The molecule has 3 nitrogen and oxygen atoms in total. The Kier molecular flexibility index (Phi) is 4.49. The highest BCUT2D eigenvalue weighted by Gasteiger charge is 2.08. The van der Waals surface area contributed by atoms with Gasteiger partial charge in [-0.15, -0.1) is 11.8 Å². The summed E-state index contributed by atoms with van der Waals surface area (Å²) in [6, 6.07) is 7.47. The zero-order chi connectivity index (χ0) is 10.4. The molecule has 1 aromatic carbocycles. The van der Waals surface area contributed by atoms with E-state index in [1.807, 2.05) is 18.2 Å². The van der Waals surface area contributed by atoms with Crippen LogP contribution in [0.15, 0.2) is 29.2 Å². The molecule has 4 heteroatoms. The van der Waals surface area contributed by atoms with Crippen molar-refractivity contribution in [3.8, 4) is 0 Å². The highest BCUT2D eigenvalue weighted by Crippen LogP contribution is 2.22. The molecule has 0 aliphatic carbocycles. The summed E-state index contributed by atoms with van der Waals surface area (Å²) in [5.41, 5.74) is 2.79. The fourth-order valence-electron chi connectivity index (χ4n) is 1.07. The van der Waals surface area contributed by atoms with E-state index in [1.165, 1.54) is 0 Å². The minimum absolute atomic E-state index is 0.232. The SMILES string of the molecule is CCCSc1ccccc1C(=O)NN. The van der Waals surface area contributed by atoms with E-state index in [0.717, 1.165) is 17.1 Å². The summed E-state index contributed by atoms with van der Waals surface area (Å²) in [5.74, 6) is 5.87. The summed E-state index contributed by atoms with van der Waals surface area (Å²) in [6.45, 7) is 2.11. The number of benzene rings is 1. The van der Waals surface area contributed by atoms with Gasteiger partial charge in [-0.25, -0.2) is 5.84 Å². The molecule has 76 valence electrons. The zero-order valence-electron chi connectivity index (χ0n) is 8.12. The predicted octanol–water partition coefficient (Wildman–Crippen LogP) is 1.79. The first-order valence-corrected chi connectivity index (χ1v) is 5.51. The van der Waals surface area contributed by atoms with Gasteiger partial charge in [0.2, 0.25) is 0 Å². The quantitative estimate of drug-likeness (QED) is 0.345. The maximum atomic E-state index is 11.3. The highest BCUT2D eigenvalue weighted by atomic mass is 32.2. The Morgan fingerprint density at radius 1 is 1.50 bits per heavy atom. The molecule has 0 bridgehead atoms. The van der Waals surface area contributed by atoms with Gasteiger partial charge in [0, 0.05) is 4.90 Å². The molecule has 0 aliphatic rings. The first-order chi connectivity index (χ1) is 6.79. The molecule has 0 atom stereocenters. The van der Waals surface area contributed by atoms with Crippen molar-refractivity contribution in [3.63, 3.8) is 0 Å². The van der Waals surface area contributed by atoms with Gasteiger partial charge in [0.1, 0.15) is 0 Å². The average molecular weight is 210 g/mol. The number of amides is 1. The van der Waals surface area contributed by atoms with Crippen molar-refractivity contribution in [2.75, 3.05) is 5.75 Å². The summed E-state index contributed by atoms with van der Waals surface area (Å²) in [4.78, 5) is 12.3. The van der Waals surface area contributed by atoms with E-state index in [-0.39, 0.29) is 5.91 Å². The third-order valence-corrected chi connectivity index (χ3v) is 3.00. The maximum Gasteiger partial charge on any atom is 0.266 e. The second kappa shape index (κ2) is 5.67. The van der Waals surface area contributed by atoms with Gasteiger partial charge >= 0.3 is 0 Å². The van der Waals surface area contributed by atoms with E-state index in [4.69, 9.17) is 5.84 Å². The van der Waals surface area contributed by atoms with Crippen LogP contribution in [0.1, 0.15) is 23.7 Å². The second-order valence-electron chi connectivity index (χ2n) is 2.82. The lowest BCUT2D eigenvalue weighted by atomic mass is 10.2. The van der Waals surface area contributed by atoms with Crippen LogP contribution >= 0.6 is 11.8 Å². The molecule has 0 saturated heterocycles. The third-order valence-electron chi connectivity index (χ3n) is 1.72. The number of hydrazine groups is 1. The lowest BCUT2D eigenvalue weighted by Crippen LogP contribution is -2.30. The van der Waals surface area contributed by atoms with Gasteiger partial charge in [0.05, 0.1) is 5.56 Å². The van der Waals surface area contributed by atoms with E-state index in [0.29, 0.717) is 5.56 Å². The Morgan fingerprint density at radius 2 is 2.21 bits per heavy atom. The van der Waals surface area contributed by atoms with Crippen LogP contribution in [0.3, 0.4) is 0 Å². The smallest absolute Gasteiger partial charge is 0.266 e. The molecule has 0 aromatic heterocycles. The number of nitrogens with one attached hydrogen (secondary N) is 1. The molecule has 0 unspecified atom stereocenters. The number of carbonyl (C=O) groups excluding carboxylic acids is 1. The molecule has 0 radical (unpaired) electrons. The summed E-state index contributed by atoms with van der Waals surface area (Å²) in [6.07, 6.45) is 1.09. The fraction of sp³-hybridized carbons (Fsp3) is 0.300. The number of hydrogen-bond acceptors (Lipinski definition) is 3. The Balaban J connectivity index is 2.85. The molecule has 1 aromatic rings. The van der Waals surface area contributed by atoms with Gasteiger partial charge < -0.3 is 0 Å². The van der Waals surface area contributed by atoms with Crippen LogP contribution < -0.4 is 11.3 Å². The molecule has 0 saturated carbocycles. The number of carbonyl (C=O) groups is 1. The zero-order valence-corrected chi connectivity index (χ0v) is 8.93. The molecule has 0 fully saturated rings. The average Bonchev–Trinajstić information content (AvgIpc) is 2.25. The Hall–Kier alpha value is -1.00. The maximum absolute atomic E-state index is 11.3. The lowest BCUT2D eigenvalue weighted by molar-refractivity contribution is 0.0951.